The highest BCUT2D eigenvalue weighted by atomic mass is 16.3. The van der Waals surface area contributed by atoms with Crippen LogP contribution in [0.15, 0.2) is 41.3 Å². The minimum atomic E-state index is -0.395. The van der Waals surface area contributed by atoms with Crippen molar-refractivity contribution < 1.29 is 5.11 Å². The molecule has 14 heavy (non-hydrogen) atoms. The van der Waals surface area contributed by atoms with Crippen LogP contribution in [0.4, 0.5) is 0 Å². The zero-order chi connectivity index (χ0) is 9.97. The van der Waals surface area contributed by atoms with Crippen molar-refractivity contribution in [3.05, 3.63) is 52.4 Å². The summed E-state index contributed by atoms with van der Waals surface area (Å²) in [5.74, 6) is -0.249. The number of H-pyrrole nitrogens is 1. The maximum atomic E-state index is 11.3. The predicted molar refractivity (Wildman–Crippen MR) is 52.3 cm³/mol. The summed E-state index contributed by atoms with van der Waals surface area (Å²) in [5.41, 5.74) is 0.616. The van der Waals surface area contributed by atoms with Crippen LogP contribution in [0.2, 0.25) is 0 Å². The zero-order valence-corrected chi connectivity index (χ0v) is 7.47. The van der Waals surface area contributed by atoms with E-state index in [2.05, 4.69) is 5.10 Å². The van der Waals surface area contributed by atoms with E-state index in [9.17, 15) is 4.79 Å². The van der Waals surface area contributed by atoms with Gasteiger partial charge in [0, 0.05) is 0 Å². The molecule has 0 spiro atoms. The fourth-order valence-electron chi connectivity index (χ4n) is 1.28. The van der Waals surface area contributed by atoms with Gasteiger partial charge in [-0.1, -0.05) is 30.3 Å². The molecular weight excluding hydrogens is 180 g/mol. The van der Waals surface area contributed by atoms with E-state index in [1.165, 1.54) is 10.9 Å². The molecule has 72 valence electrons. The Kier molecular flexibility index (Phi) is 2.10. The van der Waals surface area contributed by atoms with Crippen LogP contribution in [-0.2, 0) is 6.54 Å². The Morgan fingerprint density at radius 1 is 1.29 bits per heavy atom. The number of aromatic amines is 1. The lowest BCUT2D eigenvalue weighted by Crippen LogP contribution is -2.16. The summed E-state index contributed by atoms with van der Waals surface area (Å²) in [4.78, 5) is 11.3. The summed E-state index contributed by atoms with van der Waals surface area (Å²) in [7, 11) is 0. The number of nitrogens with zero attached hydrogens (tertiary/aromatic N) is 1. The predicted octanol–water partition coefficient (Wildman–Crippen LogP) is 0.930. The SMILES string of the molecule is O=c1c(O)c[nH]n1Cc1ccccc1. The Morgan fingerprint density at radius 3 is 2.57 bits per heavy atom. The zero-order valence-electron chi connectivity index (χ0n) is 7.47. The smallest absolute Gasteiger partial charge is 0.308 e. The van der Waals surface area contributed by atoms with Crippen molar-refractivity contribution in [2.45, 2.75) is 6.54 Å². The topological polar surface area (TPSA) is 58.0 Å². The number of aromatic nitrogens is 2. The van der Waals surface area contributed by atoms with Gasteiger partial charge in [0.25, 0.3) is 0 Å². The average Bonchev–Trinajstić information content (AvgIpc) is 2.52. The van der Waals surface area contributed by atoms with Gasteiger partial charge in [-0.25, -0.2) is 4.68 Å². The van der Waals surface area contributed by atoms with Crippen molar-refractivity contribution in [1.29, 1.82) is 0 Å². The second-order valence-corrected chi connectivity index (χ2v) is 3.04. The Morgan fingerprint density at radius 2 is 2.00 bits per heavy atom. The van der Waals surface area contributed by atoms with E-state index < -0.39 is 5.56 Å². The Hall–Kier alpha value is -1.97. The van der Waals surface area contributed by atoms with Crippen molar-refractivity contribution in [3.63, 3.8) is 0 Å². The van der Waals surface area contributed by atoms with E-state index in [0.29, 0.717) is 6.54 Å². The molecule has 0 saturated heterocycles. The lowest BCUT2D eigenvalue weighted by molar-refractivity contribution is 0.467. The fraction of sp³-hybridized carbons (Fsp3) is 0.100. The molecular formula is C10H10N2O2. The first kappa shape index (κ1) is 8.62. The highest BCUT2D eigenvalue weighted by molar-refractivity contribution is 5.16. The fourth-order valence-corrected chi connectivity index (χ4v) is 1.28. The number of hydrogen-bond donors (Lipinski definition) is 2. The molecule has 1 aromatic heterocycles. The van der Waals surface area contributed by atoms with Gasteiger partial charge in [-0.2, -0.15) is 0 Å². The van der Waals surface area contributed by atoms with Crippen LogP contribution in [0.25, 0.3) is 0 Å². The molecule has 0 bridgehead atoms. The maximum absolute atomic E-state index is 11.3. The number of nitrogens with one attached hydrogen (secondary N) is 1. The van der Waals surface area contributed by atoms with Gasteiger partial charge in [0.2, 0.25) is 5.75 Å². The average molecular weight is 190 g/mol. The first-order valence-corrected chi connectivity index (χ1v) is 4.28. The minimum Gasteiger partial charge on any atom is -0.502 e. The Balaban J connectivity index is 2.28. The molecule has 0 atom stereocenters. The van der Waals surface area contributed by atoms with Gasteiger partial charge < -0.3 is 5.11 Å². The molecule has 4 heteroatoms. The molecule has 2 aromatic rings. The summed E-state index contributed by atoms with van der Waals surface area (Å²) in [6.07, 6.45) is 1.28. The van der Waals surface area contributed by atoms with Crippen LogP contribution in [0.3, 0.4) is 0 Å². The first-order valence-electron chi connectivity index (χ1n) is 4.28. The lowest BCUT2D eigenvalue weighted by atomic mass is 10.2. The molecule has 0 fully saturated rings. The summed E-state index contributed by atoms with van der Waals surface area (Å²) in [6.45, 7) is 0.445. The normalized spacial score (nSPS) is 10.3. The quantitative estimate of drug-likeness (QED) is 0.740. The van der Waals surface area contributed by atoms with Crippen LogP contribution in [0.5, 0.6) is 5.75 Å². The Bertz CT molecular complexity index is 470. The second-order valence-electron chi connectivity index (χ2n) is 3.04. The molecule has 1 heterocycles. The van der Waals surface area contributed by atoms with E-state index in [1.54, 1.807) is 0 Å². The highest BCUT2D eigenvalue weighted by Gasteiger charge is 2.03. The van der Waals surface area contributed by atoms with Crippen LogP contribution >= 0.6 is 0 Å². The van der Waals surface area contributed by atoms with Gasteiger partial charge in [-0.3, -0.25) is 9.89 Å². The molecule has 0 radical (unpaired) electrons. The van der Waals surface area contributed by atoms with Crippen molar-refractivity contribution in [2.75, 3.05) is 0 Å². The van der Waals surface area contributed by atoms with E-state index in [1.807, 2.05) is 30.3 Å². The van der Waals surface area contributed by atoms with Crippen molar-refractivity contribution >= 4 is 0 Å². The lowest BCUT2D eigenvalue weighted by Gasteiger charge is -2.00. The first-order chi connectivity index (χ1) is 6.77. The third-order valence-electron chi connectivity index (χ3n) is 2.00. The molecule has 2 rings (SSSR count). The number of hydrogen-bond acceptors (Lipinski definition) is 2. The van der Waals surface area contributed by atoms with Crippen molar-refractivity contribution in [3.8, 4) is 5.75 Å². The summed E-state index contributed by atoms with van der Waals surface area (Å²) in [6, 6.07) is 9.57. The summed E-state index contributed by atoms with van der Waals surface area (Å²) >= 11 is 0. The van der Waals surface area contributed by atoms with Crippen molar-refractivity contribution in [1.82, 2.24) is 9.78 Å². The minimum absolute atomic E-state index is 0.249. The van der Waals surface area contributed by atoms with Gasteiger partial charge in [0.1, 0.15) is 0 Å². The van der Waals surface area contributed by atoms with Crippen LogP contribution in [0.1, 0.15) is 5.56 Å². The van der Waals surface area contributed by atoms with E-state index in [-0.39, 0.29) is 5.75 Å². The summed E-state index contributed by atoms with van der Waals surface area (Å²) in [5, 5.41) is 11.7. The standard InChI is InChI=1S/C10H10N2O2/c13-9-6-11-12(10(9)14)7-8-4-2-1-3-5-8/h1-6,11,13H,7H2. The third kappa shape index (κ3) is 1.54. The molecule has 0 saturated carbocycles. The second kappa shape index (κ2) is 3.41. The van der Waals surface area contributed by atoms with Crippen LogP contribution in [-0.4, -0.2) is 14.9 Å². The number of benzene rings is 1. The molecule has 0 unspecified atom stereocenters. The van der Waals surface area contributed by atoms with Crippen LogP contribution in [0, 0.1) is 0 Å². The Labute approximate surface area is 80.4 Å². The highest BCUT2D eigenvalue weighted by Crippen LogP contribution is 2.01. The van der Waals surface area contributed by atoms with E-state index in [0.717, 1.165) is 5.56 Å². The van der Waals surface area contributed by atoms with Gasteiger partial charge in [0.05, 0.1) is 12.7 Å². The van der Waals surface area contributed by atoms with E-state index in [4.69, 9.17) is 5.11 Å². The molecule has 0 aliphatic rings. The van der Waals surface area contributed by atoms with Gasteiger partial charge in [-0.15, -0.1) is 0 Å². The van der Waals surface area contributed by atoms with E-state index >= 15 is 0 Å². The molecule has 0 aliphatic heterocycles. The van der Waals surface area contributed by atoms with Crippen LogP contribution < -0.4 is 5.56 Å². The number of rotatable bonds is 2. The largest absolute Gasteiger partial charge is 0.502 e. The molecule has 4 nitrogen and oxygen atoms in total. The van der Waals surface area contributed by atoms with Crippen molar-refractivity contribution in [2.24, 2.45) is 0 Å². The number of aromatic hydroxyl groups is 1. The van der Waals surface area contributed by atoms with Gasteiger partial charge in [-0.05, 0) is 5.56 Å². The van der Waals surface area contributed by atoms with Gasteiger partial charge in [0.15, 0.2) is 0 Å². The van der Waals surface area contributed by atoms with Gasteiger partial charge >= 0.3 is 5.56 Å². The molecule has 1 aromatic carbocycles. The monoisotopic (exact) mass is 190 g/mol. The maximum Gasteiger partial charge on any atom is 0.308 e. The summed E-state index contributed by atoms with van der Waals surface area (Å²) < 4.78 is 1.35. The molecule has 0 amide bonds. The third-order valence-corrected chi connectivity index (χ3v) is 2.00. The molecule has 2 N–H and O–H groups in total. The molecule has 0 aliphatic carbocycles.